The molecule has 0 aliphatic carbocycles. The SMILES string of the molecule is CC=CC=CC=Cc1c(C=O)oc(C)c1S. The van der Waals surface area contributed by atoms with E-state index < -0.39 is 0 Å². The van der Waals surface area contributed by atoms with E-state index in [-0.39, 0.29) is 0 Å². The van der Waals surface area contributed by atoms with Gasteiger partial charge in [-0.05, 0) is 19.9 Å². The van der Waals surface area contributed by atoms with Crippen LogP contribution < -0.4 is 0 Å². The Morgan fingerprint density at radius 2 is 1.88 bits per heavy atom. The van der Waals surface area contributed by atoms with Crippen LogP contribution in [0.2, 0.25) is 0 Å². The standard InChI is InChI=1S/C13H14O2S/c1-3-4-5-6-7-8-11-12(9-14)15-10(2)13(11)16/h3-9,16H,1-2H3. The number of allylic oxidation sites excluding steroid dienone is 5. The lowest BCUT2D eigenvalue weighted by molar-refractivity contribution is 0.109. The molecule has 84 valence electrons. The third kappa shape index (κ3) is 3.00. The second kappa shape index (κ2) is 6.18. The van der Waals surface area contributed by atoms with E-state index in [1.54, 1.807) is 6.92 Å². The molecule has 0 spiro atoms. The van der Waals surface area contributed by atoms with Crippen molar-refractivity contribution in [1.29, 1.82) is 0 Å². The van der Waals surface area contributed by atoms with Crippen LogP contribution in [0.1, 0.15) is 28.8 Å². The lowest BCUT2D eigenvalue weighted by Crippen LogP contribution is -1.78. The van der Waals surface area contributed by atoms with Gasteiger partial charge in [0.1, 0.15) is 5.76 Å². The first-order valence-electron chi connectivity index (χ1n) is 4.94. The second-order valence-electron chi connectivity index (χ2n) is 3.17. The highest BCUT2D eigenvalue weighted by Crippen LogP contribution is 2.25. The number of carbonyl (C=O) groups excluding carboxylic acids is 1. The molecule has 1 aromatic heterocycles. The van der Waals surface area contributed by atoms with E-state index >= 15 is 0 Å². The number of furan rings is 1. The van der Waals surface area contributed by atoms with Gasteiger partial charge in [0.05, 0.1) is 4.90 Å². The van der Waals surface area contributed by atoms with Gasteiger partial charge in [0.2, 0.25) is 0 Å². The number of carbonyl (C=O) groups is 1. The Morgan fingerprint density at radius 3 is 2.50 bits per heavy atom. The second-order valence-corrected chi connectivity index (χ2v) is 3.62. The van der Waals surface area contributed by atoms with Crippen LogP contribution in [0.25, 0.3) is 6.08 Å². The van der Waals surface area contributed by atoms with Crippen molar-refractivity contribution in [3.63, 3.8) is 0 Å². The van der Waals surface area contributed by atoms with Crippen LogP contribution in [-0.4, -0.2) is 6.29 Å². The number of aldehydes is 1. The topological polar surface area (TPSA) is 30.2 Å². The number of aryl methyl sites for hydroxylation is 1. The van der Waals surface area contributed by atoms with Crippen molar-refractivity contribution in [2.24, 2.45) is 0 Å². The Bertz CT molecular complexity index is 451. The van der Waals surface area contributed by atoms with Crippen molar-refractivity contribution in [3.05, 3.63) is 47.5 Å². The van der Waals surface area contributed by atoms with E-state index in [2.05, 4.69) is 12.6 Å². The molecule has 1 heterocycles. The van der Waals surface area contributed by atoms with Crippen LogP contribution in [-0.2, 0) is 0 Å². The molecule has 1 aromatic rings. The van der Waals surface area contributed by atoms with Crippen molar-refractivity contribution in [3.8, 4) is 0 Å². The number of rotatable bonds is 4. The van der Waals surface area contributed by atoms with Gasteiger partial charge in [0.25, 0.3) is 0 Å². The summed E-state index contributed by atoms with van der Waals surface area (Å²) in [5, 5.41) is 0. The first-order valence-corrected chi connectivity index (χ1v) is 5.39. The van der Waals surface area contributed by atoms with Crippen LogP contribution in [0.4, 0.5) is 0 Å². The number of thiol groups is 1. The molecule has 0 atom stereocenters. The molecule has 3 heteroatoms. The molecule has 0 saturated carbocycles. The van der Waals surface area contributed by atoms with E-state index in [0.717, 1.165) is 5.56 Å². The molecule has 0 saturated heterocycles. The van der Waals surface area contributed by atoms with Crippen LogP contribution in [0.3, 0.4) is 0 Å². The highest BCUT2D eigenvalue weighted by Gasteiger charge is 2.11. The molecule has 0 aliphatic heterocycles. The zero-order chi connectivity index (χ0) is 12.0. The van der Waals surface area contributed by atoms with Gasteiger partial charge in [-0.1, -0.05) is 30.4 Å². The van der Waals surface area contributed by atoms with E-state index in [1.807, 2.05) is 43.4 Å². The molecule has 0 unspecified atom stereocenters. The predicted octanol–water partition coefficient (Wildman–Crippen LogP) is 3.83. The highest BCUT2D eigenvalue weighted by atomic mass is 32.1. The van der Waals surface area contributed by atoms with E-state index in [1.165, 1.54) is 0 Å². The summed E-state index contributed by atoms with van der Waals surface area (Å²) >= 11 is 4.29. The summed E-state index contributed by atoms with van der Waals surface area (Å²) in [6.45, 7) is 3.73. The summed E-state index contributed by atoms with van der Waals surface area (Å²) in [6, 6.07) is 0. The summed E-state index contributed by atoms with van der Waals surface area (Å²) in [7, 11) is 0. The molecule has 0 bridgehead atoms. The highest BCUT2D eigenvalue weighted by molar-refractivity contribution is 7.80. The predicted molar refractivity (Wildman–Crippen MR) is 69.1 cm³/mol. The molecular formula is C13H14O2S. The smallest absolute Gasteiger partial charge is 0.185 e. The van der Waals surface area contributed by atoms with Gasteiger partial charge >= 0.3 is 0 Å². The van der Waals surface area contributed by atoms with Crippen LogP contribution >= 0.6 is 12.6 Å². The fourth-order valence-electron chi connectivity index (χ4n) is 1.21. The van der Waals surface area contributed by atoms with Gasteiger partial charge in [-0.15, -0.1) is 12.6 Å². The minimum atomic E-state index is 0.318. The Balaban J connectivity index is 2.91. The summed E-state index contributed by atoms with van der Waals surface area (Å²) in [5.41, 5.74) is 0.723. The molecular weight excluding hydrogens is 220 g/mol. The van der Waals surface area contributed by atoms with Crippen molar-refractivity contribution in [2.45, 2.75) is 18.7 Å². The first kappa shape index (κ1) is 12.6. The molecule has 2 nitrogen and oxygen atoms in total. The molecule has 1 rings (SSSR count). The first-order chi connectivity index (χ1) is 7.70. The third-order valence-corrected chi connectivity index (χ3v) is 2.57. The van der Waals surface area contributed by atoms with Gasteiger partial charge in [-0.25, -0.2) is 0 Å². The van der Waals surface area contributed by atoms with E-state index in [0.29, 0.717) is 22.7 Å². The quantitative estimate of drug-likeness (QED) is 0.487. The summed E-state index contributed by atoms with van der Waals surface area (Å²) < 4.78 is 5.24. The largest absolute Gasteiger partial charge is 0.457 e. The van der Waals surface area contributed by atoms with Gasteiger partial charge in [0, 0.05) is 5.56 Å². The average molecular weight is 234 g/mol. The Kier molecular flexibility index (Phi) is 4.86. The van der Waals surface area contributed by atoms with Crippen LogP contribution in [0.5, 0.6) is 0 Å². The van der Waals surface area contributed by atoms with Gasteiger partial charge in [0.15, 0.2) is 12.0 Å². The molecule has 16 heavy (non-hydrogen) atoms. The molecule has 0 fully saturated rings. The Hall–Kier alpha value is -1.48. The van der Waals surface area contributed by atoms with Gasteiger partial charge < -0.3 is 4.42 Å². The Morgan fingerprint density at radius 1 is 1.19 bits per heavy atom. The fourth-order valence-corrected chi connectivity index (χ4v) is 1.44. The summed E-state index contributed by atoms with van der Waals surface area (Å²) in [6.07, 6.45) is 12.0. The van der Waals surface area contributed by atoms with Gasteiger partial charge in [-0.3, -0.25) is 4.79 Å². The molecule has 0 N–H and O–H groups in total. The summed E-state index contributed by atoms with van der Waals surface area (Å²) in [5.74, 6) is 0.973. The van der Waals surface area contributed by atoms with Crippen LogP contribution in [0, 0.1) is 6.92 Å². The minimum Gasteiger partial charge on any atom is -0.457 e. The monoisotopic (exact) mass is 234 g/mol. The molecule has 0 aliphatic rings. The molecule has 0 aromatic carbocycles. The van der Waals surface area contributed by atoms with Crippen molar-refractivity contribution < 1.29 is 9.21 Å². The fraction of sp³-hybridized carbons (Fsp3) is 0.154. The molecule has 0 amide bonds. The van der Waals surface area contributed by atoms with Crippen molar-refractivity contribution in [2.75, 3.05) is 0 Å². The zero-order valence-corrected chi connectivity index (χ0v) is 10.2. The maximum Gasteiger partial charge on any atom is 0.185 e. The summed E-state index contributed by atoms with van der Waals surface area (Å²) in [4.78, 5) is 11.4. The zero-order valence-electron chi connectivity index (χ0n) is 9.31. The lowest BCUT2D eigenvalue weighted by Gasteiger charge is -1.88. The lowest BCUT2D eigenvalue weighted by atomic mass is 10.2. The minimum absolute atomic E-state index is 0.318. The number of hydrogen-bond acceptors (Lipinski definition) is 3. The number of hydrogen-bond donors (Lipinski definition) is 1. The average Bonchev–Trinajstić information content (AvgIpc) is 2.56. The van der Waals surface area contributed by atoms with Crippen molar-refractivity contribution >= 4 is 25.0 Å². The molecule has 0 radical (unpaired) electrons. The Labute approximate surface area is 101 Å². The van der Waals surface area contributed by atoms with Gasteiger partial charge in [-0.2, -0.15) is 0 Å². The maximum atomic E-state index is 10.7. The normalized spacial score (nSPS) is 12.2. The maximum absolute atomic E-state index is 10.7. The van der Waals surface area contributed by atoms with Crippen molar-refractivity contribution in [1.82, 2.24) is 0 Å². The van der Waals surface area contributed by atoms with Crippen LogP contribution in [0.15, 0.2) is 39.7 Å². The van der Waals surface area contributed by atoms with E-state index in [9.17, 15) is 4.79 Å². The van der Waals surface area contributed by atoms with E-state index in [4.69, 9.17) is 4.42 Å². The third-order valence-electron chi connectivity index (χ3n) is 2.01.